The molecule has 0 aliphatic carbocycles. The highest BCUT2D eigenvalue weighted by atomic mass is 16.1. The minimum absolute atomic E-state index is 0.00894. The first kappa shape index (κ1) is 15.7. The Morgan fingerprint density at radius 3 is 2.71 bits per heavy atom. The van der Waals surface area contributed by atoms with Crippen molar-refractivity contribution in [1.82, 2.24) is 10.2 Å². The van der Waals surface area contributed by atoms with Gasteiger partial charge in [0.2, 0.25) is 0 Å². The number of carbonyl (C=O) groups is 1. The number of nitrogens with one attached hydrogen (secondary N) is 1. The molecule has 0 saturated heterocycles. The van der Waals surface area contributed by atoms with Crippen molar-refractivity contribution in [3.05, 3.63) is 0 Å². The van der Waals surface area contributed by atoms with Crippen molar-refractivity contribution in [3.63, 3.8) is 0 Å². The Hall–Kier alpha value is -1.34. The van der Waals surface area contributed by atoms with Gasteiger partial charge in [-0.1, -0.05) is 0 Å². The Morgan fingerprint density at radius 1 is 1.47 bits per heavy atom. The third-order valence-electron chi connectivity index (χ3n) is 2.15. The van der Waals surface area contributed by atoms with E-state index in [2.05, 4.69) is 21.1 Å². The lowest BCUT2D eigenvalue weighted by Gasteiger charge is -2.11. The molecule has 0 amide bonds. The quantitative estimate of drug-likeness (QED) is 0.296. The molecule has 0 rings (SSSR count). The van der Waals surface area contributed by atoms with Gasteiger partial charge < -0.3 is 10.2 Å². The van der Waals surface area contributed by atoms with Crippen LogP contribution in [-0.2, 0) is 4.79 Å². The van der Waals surface area contributed by atoms with E-state index < -0.39 is 0 Å². The maximum atomic E-state index is 11.7. The molecule has 1 N–H and O–H groups in total. The van der Waals surface area contributed by atoms with E-state index in [1.54, 1.807) is 0 Å². The highest BCUT2D eigenvalue weighted by Gasteiger charge is 2.09. The monoisotopic (exact) mass is 237 g/mol. The van der Waals surface area contributed by atoms with Crippen molar-refractivity contribution in [1.29, 1.82) is 0 Å². The van der Waals surface area contributed by atoms with Crippen LogP contribution in [0.1, 0.15) is 26.2 Å². The normalized spacial score (nSPS) is 11.4. The number of carbonyl (C=O) groups excluding carboxylic acids is 1. The van der Waals surface area contributed by atoms with Crippen molar-refractivity contribution < 1.29 is 4.79 Å². The molecule has 0 saturated carbocycles. The Kier molecular flexibility index (Phi) is 9.08. The summed E-state index contributed by atoms with van der Waals surface area (Å²) in [5.74, 6) is 2.95. The summed E-state index contributed by atoms with van der Waals surface area (Å²) in [5, 5.41) is 3.09. The third-order valence-corrected chi connectivity index (χ3v) is 2.15. The van der Waals surface area contributed by atoms with Crippen LogP contribution < -0.4 is 5.32 Å². The molecule has 0 atom stereocenters. The number of hydrogen-bond acceptors (Lipinski definition) is 3. The van der Waals surface area contributed by atoms with E-state index in [-0.39, 0.29) is 5.78 Å². The van der Waals surface area contributed by atoms with E-state index in [0.717, 1.165) is 19.5 Å². The summed E-state index contributed by atoms with van der Waals surface area (Å²) >= 11 is 0. The molecule has 17 heavy (non-hydrogen) atoms. The molecule has 4 heteroatoms. The molecule has 0 aliphatic rings. The Labute approximate surface area is 104 Å². The molecule has 0 radical (unpaired) electrons. The standard InChI is InChI=1S/C13H23N3O/c1-5-7-9-12(17)13(14-6-2)15-10-8-11-16(3)4/h1H,6-11H2,2-4H3,(H,14,15). The fourth-order valence-electron chi connectivity index (χ4n) is 1.31. The number of aliphatic imine (C=N–C) groups is 1. The van der Waals surface area contributed by atoms with Gasteiger partial charge in [0.1, 0.15) is 0 Å². The van der Waals surface area contributed by atoms with Crippen LogP contribution in [0.5, 0.6) is 0 Å². The molecule has 0 heterocycles. The van der Waals surface area contributed by atoms with Gasteiger partial charge in [-0.3, -0.25) is 9.79 Å². The van der Waals surface area contributed by atoms with E-state index in [1.807, 2.05) is 21.0 Å². The minimum Gasteiger partial charge on any atom is -0.367 e. The second-order valence-corrected chi connectivity index (χ2v) is 4.03. The lowest BCUT2D eigenvalue weighted by Crippen LogP contribution is -2.33. The summed E-state index contributed by atoms with van der Waals surface area (Å²) in [6.45, 7) is 4.28. The highest BCUT2D eigenvalue weighted by Crippen LogP contribution is 1.92. The van der Waals surface area contributed by atoms with E-state index in [9.17, 15) is 4.79 Å². The molecular weight excluding hydrogens is 214 g/mol. The summed E-state index contributed by atoms with van der Waals surface area (Å²) in [4.78, 5) is 18.0. The molecule has 0 bridgehead atoms. The number of amidine groups is 1. The average Bonchev–Trinajstić information content (AvgIpc) is 2.29. The van der Waals surface area contributed by atoms with Gasteiger partial charge in [0.25, 0.3) is 0 Å². The summed E-state index contributed by atoms with van der Waals surface area (Å²) in [5.41, 5.74) is 0. The maximum absolute atomic E-state index is 11.7. The van der Waals surface area contributed by atoms with Gasteiger partial charge >= 0.3 is 0 Å². The lowest BCUT2D eigenvalue weighted by molar-refractivity contribution is -0.113. The summed E-state index contributed by atoms with van der Waals surface area (Å²) < 4.78 is 0. The smallest absolute Gasteiger partial charge is 0.198 e. The minimum atomic E-state index is 0.00894. The van der Waals surface area contributed by atoms with Crippen LogP contribution in [0.4, 0.5) is 0 Å². The molecule has 0 aliphatic heterocycles. The van der Waals surface area contributed by atoms with Gasteiger partial charge in [0, 0.05) is 25.9 Å². The topological polar surface area (TPSA) is 44.7 Å². The zero-order chi connectivity index (χ0) is 13.1. The number of hydrogen-bond donors (Lipinski definition) is 1. The van der Waals surface area contributed by atoms with E-state index in [1.165, 1.54) is 0 Å². The van der Waals surface area contributed by atoms with Crippen molar-refractivity contribution in [2.75, 3.05) is 33.7 Å². The molecule has 4 nitrogen and oxygen atoms in total. The Bertz CT molecular complexity index is 290. The molecule has 0 aromatic heterocycles. The van der Waals surface area contributed by atoms with Crippen molar-refractivity contribution in [2.24, 2.45) is 4.99 Å². The van der Waals surface area contributed by atoms with Gasteiger partial charge in [-0.2, -0.15) is 0 Å². The van der Waals surface area contributed by atoms with Gasteiger partial charge in [-0.25, -0.2) is 0 Å². The molecular formula is C13H23N3O. The van der Waals surface area contributed by atoms with Crippen LogP contribution in [0, 0.1) is 12.3 Å². The van der Waals surface area contributed by atoms with Gasteiger partial charge in [-0.05, 0) is 34.0 Å². The predicted octanol–water partition coefficient (Wildman–Crippen LogP) is 0.929. The van der Waals surface area contributed by atoms with Crippen LogP contribution in [0.25, 0.3) is 0 Å². The first-order chi connectivity index (χ1) is 8.11. The fraction of sp³-hybridized carbons (Fsp3) is 0.692. The largest absolute Gasteiger partial charge is 0.367 e. The zero-order valence-corrected chi connectivity index (χ0v) is 11.1. The van der Waals surface area contributed by atoms with Crippen LogP contribution >= 0.6 is 0 Å². The summed E-state index contributed by atoms with van der Waals surface area (Å²) in [6, 6.07) is 0. The Morgan fingerprint density at radius 2 is 2.18 bits per heavy atom. The number of Topliss-reactive ketones (excluding diaryl/α,β-unsaturated/α-hetero) is 1. The zero-order valence-electron chi connectivity index (χ0n) is 11.1. The molecule has 0 unspecified atom stereocenters. The average molecular weight is 237 g/mol. The number of nitrogens with zero attached hydrogens (tertiary/aromatic N) is 2. The Balaban J connectivity index is 4.04. The molecule has 0 aromatic rings. The number of terminal acetylenes is 1. The summed E-state index contributed by atoms with van der Waals surface area (Å²) in [6.07, 6.45) is 6.97. The van der Waals surface area contributed by atoms with Crippen molar-refractivity contribution in [3.8, 4) is 12.3 Å². The summed E-state index contributed by atoms with van der Waals surface area (Å²) in [7, 11) is 4.05. The molecule has 0 fully saturated rings. The number of rotatable bonds is 8. The molecule has 96 valence electrons. The third kappa shape index (κ3) is 8.47. The first-order valence-electron chi connectivity index (χ1n) is 6.01. The van der Waals surface area contributed by atoms with Crippen LogP contribution in [-0.4, -0.2) is 50.2 Å². The van der Waals surface area contributed by atoms with Crippen LogP contribution in [0.2, 0.25) is 0 Å². The predicted molar refractivity (Wildman–Crippen MR) is 72.2 cm³/mol. The van der Waals surface area contributed by atoms with Gasteiger partial charge in [0.15, 0.2) is 11.6 Å². The lowest BCUT2D eigenvalue weighted by atomic mass is 10.2. The van der Waals surface area contributed by atoms with Gasteiger partial charge in [0.05, 0.1) is 0 Å². The van der Waals surface area contributed by atoms with E-state index >= 15 is 0 Å². The molecule has 0 aromatic carbocycles. The first-order valence-corrected chi connectivity index (χ1v) is 6.01. The molecule has 0 spiro atoms. The van der Waals surface area contributed by atoms with E-state index in [0.29, 0.717) is 25.2 Å². The SMILES string of the molecule is C#CCCC(=O)/C(=N\CC)NCCCN(C)C. The second-order valence-electron chi connectivity index (χ2n) is 4.03. The van der Waals surface area contributed by atoms with E-state index in [4.69, 9.17) is 6.42 Å². The van der Waals surface area contributed by atoms with Crippen molar-refractivity contribution in [2.45, 2.75) is 26.2 Å². The van der Waals surface area contributed by atoms with Crippen LogP contribution in [0.3, 0.4) is 0 Å². The van der Waals surface area contributed by atoms with Crippen LogP contribution in [0.15, 0.2) is 4.99 Å². The fourth-order valence-corrected chi connectivity index (χ4v) is 1.31. The van der Waals surface area contributed by atoms with Crippen molar-refractivity contribution >= 4 is 11.6 Å². The highest BCUT2D eigenvalue weighted by molar-refractivity contribution is 6.38. The number of ketones is 1. The maximum Gasteiger partial charge on any atom is 0.198 e. The second kappa shape index (κ2) is 9.86. The van der Waals surface area contributed by atoms with Gasteiger partial charge in [-0.15, -0.1) is 12.3 Å².